The predicted octanol–water partition coefficient (Wildman–Crippen LogP) is 4.18. The van der Waals surface area contributed by atoms with Crippen molar-refractivity contribution in [2.24, 2.45) is 11.8 Å². The van der Waals surface area contributed by atoms with Gasteiger partial charge in [-0.3, -0.25) is 9.69 Å². The highest BCUT2D eigenvalue weighted by atomic mass is 16.6. The lowest BCUT2D eigenvalue weighted by Gasteiger charge is -2.33. The molecule has 3 rings (SSSR count). The van der Waals surface area contributed by atoms with Crippen molar-refractivity contribution < 1.29 is 14.3 Å². The molecule has 2 saturated heterocycles. The lowest BCUT2D eigenvalue weighted by atomic mass is 9.96. The van der Waals surface area contributed by atoms with Gasteiger partial charge in [0.2, 0.25) is 5.91 Å². The highest BCUT2D eigenvalue weighted by Gasteiger charge is 2.28. The van der Waals surface area contributed by atoms with Gasteiger partial charge in [0.1, 0.15) is 0 Å². The van der Waals surface area contributed by atoms with E-state index in [1.54, 1.807) is 4.90 Å². The van der Waals surface area contributed by atoms with Crippen LogP contribution in [0.5, 0.6) is 0 Å². The van der Waals surface area contributed by atoms with E-state index in [1.165, 1.54) is 31.4 Å². The monoisotopic (exact) mass is 429 g/mol. The third kappa shape index (κ3) is 7.23. The maximum Gasteiger partial charge on any atom is 0.409 e. The number of ether oxygens (including phenoxy) is 1. The molecule has 1 aromatic rings. The van der Waals surface area contributed by atoms with Gasteiger partial charge in [0.05, 0.1) is 6.61 Å². The van der Waals surface area contributed by atoms with Crippen molar-refractivity contribution in [2.75, 3.05) is 26.2 Å². The molecule has 2 heterocycles. The average molecular weight is 430 g/mol. The Kier molecular flexibility index (Phi) is 8.76. The van der Waals surface area contributed by atoms with E-state index in [-0.39, 0.29) is 17.9 Å². The van der Waals surface area contributed by atoms with Gasteiger partial charge in [-0.05, 0) is 56.2 Å². The van der Waals surface area contributed by atoms with Crippen molar-refractivity contribution >= 4 is 12.0 Å². The molecule has 0 aliphatic carbocycles. The number of nitrogens with one attached hydrogen (secondary N) is 1. The summed E-state index contributed by atoms with van der Waals surface area (Å²) in [4.78, 5) is 28.9. The SMILES string of the molecule is CC(C)COC(=O)N1CCC(C(=O)NCc2ccc(CN3CCCCC3C)cc2)CC1. The molecule has 1 unspecified atom stereocenters. The van der Waals surface area contributed by atoms with Gasteiger partial charge in [0.25, 0.3) is 0 Å². The fourth-order valence-corrected chi connectivity index (χ4v) is 4.38. The summed E-state index contributed by atoms with van der Waals surface area (Å²) < 4.78 is 5.29. The van der Waals surface area contributed by atoms with E-state index in [1.807, 2.05) is 13.8 Å². The second-order valence-corrected chi connectivity index (χ2v) is 9.58. The van der Waals surface area contributed by atoms with Gasteiger partial charge in [-0.1, -0.05) is 44.5 Å². The first-order chi connectivity index (χ1) is 14.9. The van der Waals surface area contributed by atoms with E-state index in [0.29, 0.717) is 51.0 Å². The fraction of sp³-hybridized carbons (Fsp3) is 0.680. The first kappa shape index (κ1) is 23.6. The summed E-state index contributed by atoms with van der Waals surface area (Å²) >= 11 is 0. The van der Waals surface area contributed by atoms with Crippen LogP contribution in [-0.4, -0.2) is 54.1 Å². The molecule has 0 spiro atoms. The van der Waals surface area contributed by atoms with Crippen LogP contribution in [0.3, 0.4) is 0 Å². The van der Waals surface area contributed by atoms with Gasteiger partial charge < -0.3 is 15.0 Å². The van der Waals surface area contributed by atoms with Crippen molar-refractivity contribution in [3.63, 3.8) is 0 Å². The molecule has 1 atom stereocenters. The maximum absolute atomic E-state index is 12.6. The van der Waals surface area contributed by atoms with Gasteiger partial charge in [-0.15, -0.1) is 0 Å². The number of amides is 2. The quantitative estimate of drug-likeness (QED) is 0.706. The minimum absolute atomic E-state index is 0.0333. The Morgan fingerprint density at radius 1 is 1.03 bits per heavy atom. The van der Waals surface area contributed by atoms with Gasteiger partial charge >= 0.3 is 6.09 Å². The summed E-state index contributed by atoms with van der Waals surface area (Å²) in [6.45, 7) is 10.7. The van der Waals surface area contributed by atoms with E-state index in [2.05, 4.69) is 41.4 Å². The Labute approximate surface area is 187 Å². The third-order valence-electron chi connectivity index (χ3n) is 6.48. The van der Waals surface area contributed by atoms with Crippen LogP contribution in [0.25, 0.3) is 0 Å². The number of carbonyl (C=O) groups is 2. The molecule has 1 aromatic carbocycles. The maximum atomic E-state index is 12.6. The molecule has 6 nitrogen and oxygen atoms in total. The summed E-state index contributed by atoms with van der Waals surface area (Å²) in [5.74, 6) is 0.380. The van der Waals surface area contributed by atoms with E-state index < -0.39 is 0 Å². The second kappa shape index (κ2) is 11.5. The largest absolute Gasteiger partial charge is 0.449 e. The zero-order valence-electron chi connectivity index (χ0n) is 19.4. The number of hydrogen-bond donors (Lipinski definition) is 1. The number of benzene rings is 1. The van der Waals surface area contributed by atoms with Crippen LogP contribution in [0.2, 0.25) is 0 Å². The van der Waals surface area contributed by atoms with Crippen LogP contribution in [0.15, 0.2) is 24.3 Å². The summed E-state index contributed by atoms with van der Waals surface area (Å²) in [5.41, 5.74) is 2.46. The Morgan fingerprint density at radius 2 is 1.71 bits per heavy atom. The first-order valence-corrected chi connectivity index (χ1v) is 11.9. The summed E-state index contributed by atoms with van der Waals surface area (Å²) in [6, 6.07) is 9.28. The standard InChI is InChI=1S/C25H39N3O3/c1-19(2)18-31-25(30)27-14-11-23(12-15-27)24(29)26-16-21-7-9-22(10-8-21)17-28-13-5-4-6-20(28)3/h7-10,19-20,23H,4-6,11-18H2,1-3H3,(H,26,29). The van der Waals surface area contributed by atoms with Gasteiger partial charge in [-0.2, -0.15) is 0 Å². The van der Waals surface area contributed by atoms with Crippen LogP contribution in [0.1, 0.15) is 64.0 Å². The van der Waals surface area contributed by atoms with Crippen molar-refractivity contribution in [1.82, 2.24) is 15.1 Å². The van der Waals surface area contributed by atoms with Crippen molar-refractivity contribution in [3.05, 3.63) is 35.4 Å². The van der Waals surface area contributed by atoms with Gasteiger partial charge in [0, 0.05) is 38.1 Å². The second-order valence-electron chi connectivity index (χ2n) is 9.58. The smallest absolute Gasteiger partial charge is 0.409 e. The Bertz CT molecular complexity index is 711. The molecule has 0 bridgehead atoms. The zero-order valence-corrected chi connectivity index (χ0v) is 19.4. The molecule has 0 saturated carbocycles. The summed E-state index contributed by atoms with van der Waals surface area (Å²) in [7, 11) is 0. The third-order valence-corrected chi connectivity index (χ3v) is 6.48. The van der Waals surface area contributed by atoms with Crippen molar-refractivity contribution in [2.45, 2.75) is 72.0 Å². The Hall–Kier alpha value is -2.08. The van der Waals surface area contributed by atoms with E-state index in [0.717, 1.165) is 12.1 Å². The predicted molar refractivity (Wildman–Crippen MR) is 122 cm³/mol. The van der Waals surface area contributed by atoms with Gasteiger partial charge in [-0.25, -0.2) is 4.79 Å². The minimum Gasteiger partial charge on any atom is -0.449 e. The number of rotatable bonds is 7. The molecule has 0 aromatic heterocycles. The zero-order chi connectivity index (χ0) is 22.2. The highest BCUT2D eigenvalue weighted by Crippen LogP contribution is 2.20. The Balaban J connectivity index is 1.38. The first-order valence-electron chi connectivity index (χ1n) is 11.9. The van der Waals surface area contributed by atoms with Crippen LogP contribution in [0.4, 0.5) is 4.79 Å². The molecule has 0 radical (unpaired) electrons. The molecule has 2 aliphatic rings. The lowest BCUT2D eigenvalue weighted by Crippen LogP contribution is -2.43. The van der Waals surface area contributed by atoms with Crippen molar-refractivity contribution in [3.8, 4) is 0 Å². The molecule has 31 heavy (non-hydrogen) atoms. The highest BCUT2D eigenvalue weighted by molar-refractivity contribution is 5.79. The number of carbonyl (C=O) groups excluding carboxylic acids is 2. The van der Waals surface area contributed by atoms with Crippen LogP contribution in [-0.2, 0) is 22.6 Å². The summed E-state index contributed by atoms with van der Waals surface area (Å²) in [5, 5.41) is 3.08. The van der Waals surface area contributed by atoms with Gasteiger partial charge in [0.15, 0.2) is 0 Å². The topological polar surface area (TPSA) is 61.9 Å². The van der Waals surface area contributed by atoms with Crippen molar-refractivity contribution in [1.29, 1.82) is 0 Å². The minimum atomic E-state index is -0.258. The summed E-state index contributed by atoms with van der Waals surface area (Å²) in [6.07, 6.45) is 5.06. The molecule has 2 amide bonds. The number of nitrogens with zero attached hydrogens (tertiary/aromatic N) is 2. The number of hydrogen-bond acceptors (Lipinski definition) is 4. The number of piperidine rings is 2. The average Bonchev–Trinajstić information content (AvgIpc) is 2.78. The molecule has 2 aliphatic heterocycles. The fourth-order valence-electron chi connectivity index (χ4n) is 4.38. The molecule has 2 fully saturated rings. The molecule has 172 valence electrons. The molecular formula is C25H39N3O3. The van der Waals surface area contributed by atoms with E-state index in [4.69, 9.17) is 4.74 Å². The number of likely N-dealkylation sites (tertiary alicyclic amines) is 2. The van der Waals surface area contributed by atoms with Crippen LogP contribution >= 0.6 is 0 Å². The normalized spacial score (nSPS) is 20.6. The Morgan fingerprint density at radius 3 is 2.35 bits per heavy atom. The van der Waals surface area contributed by atoms with Crippen LogP contribution < -0.4 is 5.32 Å². The lowest BCUT2D eigenvalue weighted by molar-refractivity contribution is -0.126. The van der Waals surface area contributed by atoms with E-state index in [9.17, 15) is 9.59 Å². The molecular weight excluding hydrogens is 390 g/mol. The molecule has 1 N–H and O–H groups in total. The molecule has 6 heteroatoms. The van der Waals surface area contributed by atoms with Crippen LogP contribution in [0, 0.1) is 11.8 Å². The van der Waals surface area contributed by atoms with E-state index >= 15 is 0 Å².